The van der Waals surface area contributed by atoms with Gasteiger partial charge in [-0.2, -0.15) is 13.2 Å². The van der Waals surface area contributed by atoms with E-state index in [0.29, 0.717) is 15.9 Å². The van der Waals surface area contributed by atoms with Gasteiger partial charge in [-0.05, 0) is 76.1 Å². The zero-order chi connectivity index (χ0) is 31.5. The standard InChI is InChI=1S/C30H33ClF3N3O4S/c1-20-11-9-10-12-22(20)18-36(21(2)28(39)35-29(3,4)5)27(38)19-37(42(40,41)24-13-7-6-8-14-24)23-15-16-26(31)25(17-23)30(32,33)34/h6-17,21H,18-19H2,1-5H3,(H,35,39)/t21-/m0/s1. The third-order valence-corrected chi connectivity index (χ3v) is 8.54. The van der Waals surface area contributed by atoms with Crippen LogP contribution in [0.2, 0.25) is 5.02 Å². The third-order valence-electron chi connectivity index (χ3n) is 6.42. The number of rotatable bonds is 9. The number of hydrogen-bond acceptors (Lipinski definition) is 4. The number of benzene rings is 3. The fraction of sp³-hybridized carbons (Fsp3) is 0.333. The van der Waals surface area contributed by atoms with E-state index in [9.17, 15) is 31.2 Å². The highest BCUT2D eigenvalue weighted by atomic mass is 35.5. The molecule has 3 aromatic carbocycles. The molecular formula is C30H33ClF3N3O4S. The summed E-state index contributed by atoms with van der Waals surface area (Å²) in [5.74, 6) is -1.27. The molecule has 0 aliphatic rings. The first kappa shape index (κ1) is 32.9. The number of alkyl halides is 3. The van der Waals surface area contributed by atoms with E-state index >= 15 is 0 Å². The maximum Gasteiger partial charge on any atom is 0.417 e. The molecule has 0 heterocycles. The lowest BCUT2D eigenvalue weighted by Gasteiger charge is -2.34. The van der Waals surface area contributed by atoms with Gasteiger partial charge in [0, 0.05) is 12.1 Å². The molecule has 7 nitrogen and oxygen atoms in total. The number of nitrogens with zero attached hydrogens (tertiary/aromatic N) is 2. The van der Waals surface area contributed by atoms with Gasteiger partial charge in [0.1, 0.15) is 12.6 Å². The van der Waals surface area contributed by atoms with Gasteiger partial charge in [-0.1, -0.05) is 54.1 Å². The molecule has 0 saturated carbocycles. The Morgan fingerprint density at radius 3 is 2.12 bits per heavy atom. The van der Waals surface area contributed by atoms with Crippen molar-refractivity contribution in [2.45, 2.75) is 63.8 Å². The monoisotopic (exact) mass is 623 g/mol. The molecule has 42 heavy (non-hydrogen) atoms. The molecular weight excluding hydrogens is 591 g/mol. The summed E-state index contributed by atoms with van der Waals surface area (Å²) >= 11 is 5.80. The number of carbonyl (C=O) groups excluding carboxylic acids is 2. The van der Waals surface area contributed by atoms with Crippen molar-refractivity contribution in [1.82, 2.24) is 10.2 Å². The van der Waals surface area contributed by atoms with Crippen molar-refractivity contribution in [3.8, 4) is 0 Å². The Balaban J connectivity index is 2.13. The van der Waals surface area contributed by atoms with Crippen LogP contribution in [-0.4, -0.2) is 43.3 Å². The fourth-order valence-electron chi connectivity index (χ4n) is 4.16. The Bertz CT molecular complexity index is 1540. The number of amides is 2. The Labute approximate surface area is 249 Å². The van der Waals surface area contributed by atoms with E-state index in [0.717, 1.165) is 17.7 Å². The second kappa shape index (κ2) is 12.7. The van der Waals surface area contributed by atoms with Gasteiger partial charge in [-0.15, -0.1) is 0 Å². The molecule has 0 spiro atoms. The van der Waals surface area contributed by atoms with Crippen LogP contribution in [0, 0.1) is 6.92 Å². The minimum absolute atomic E-state index is 0.0438. The van der Waals surface area contributed by atoms with E-state index in [1.165, 1.54) is 36.1 Å². The van der Waals surface area contributed by atoms with Gasteiger partial charge in [0.25, 0.3) is 10.0 Å². The molecule has 1 atom stereocenters. The van der Waals surface area contributed by atoms with Crippen molar-refractivity contribution in [2.24, 2.45) is 0 Å². The number of carbonyl (C=O) groups is 2. The summed E-state index contributed by atoms with van der Waals surface area (Å²) in [4.78, 5) is 28.1. The lowest BCUT2D eigenvalue weighted by Crippen LogP contribution is -2.54. The number of hydrogen-bond donors (Lipinski definition) is 1. The van der Waals surface area contributed by atoms with Crippen molar-refractivity contribution in [3.05, 3.63) is 94.5 Å². The van der Waals surface area contributed by atoms with Crippen LogP contribution in [0.25, 0.3) is 0 Å². The summed E-state index contributed by atoms with van der Waals surface area (Å²) in [5.41, 5.74) is -0.740. The molecule has 3 aromatic rings. The summed E-state index contributed by atoms with van der Waals surface area (Å²) < 4.78 is 69.4. The van der Waals surface area contributed by atoms with Crippen LogP contribution in [0.1, 0.15) is 44.4 Å². The van der Waals surface area contributed by atoms with Crippen LogP contribution in [0.4, 0.5) is 18.9 Å². The fourth-order valence-corrected chi connectivity index (χ4v) is 5.81. The molecule has 0 fully saturated rings. The molecule has 0 saturated heterocycles. The van der Waals surface area contributed by atoms with Crippen LogP contribution < -0.4 is 9.62 Å². The Kier molecular flexibility index (Phi) is 10.00. The summed E-state index contributed by atoms with van der Waals surface area (Å²) in [5, 5.41) is 2.20. The zero-order valence-corrected chi connectivity index (χ0v) is 25.4. The quantitative estimate of drug-likeness (QED) is 0.308. The predicted octanol–water partition coefficient (Wildman–Crippen LogP) is 6.19. The molecule has 0 aromatic heterocycles. The highest BCUT2D eigenvalue weighted by Crippen LogP contribution is 2.38. The van der Waals surface area contributed by atoms with Gasteiger partial charge in [-0.3, -0.25) is 13.9 Å². The minimum Gasteiger partial charge on any atom is -0.350 e. The van der Waals surface area contributed by atoms with Gasteiger partial charge >= 0.3 is 6.18 Å². The zero-order valence-electron chi connectivity index (χ0n) is 23.9. The lowest BCUT2D eigenvalue weighted by atomic mass is 10.1. The Morgan fingerprint density at radius 1 is 0.952 bits per heavy atom. The molecule has 3 rings (SSSR count). The van der Waals surface area contributed by atoms with Crippen molar-refractivity contribution in [3.63, 3.8) is 0 Å². The molecule has 12 heteroatoms. The largest absolute Gasteiger partial charge is 0.417 e. The van der Waals surface area contributed by atoms with Gasteiger partial charge in [-0.25, -0.2) is 8.42 Å². The summed E-state index contributed by atoms with van der Waals surface area (Å²) in [6.45, 7) is 7.75. The number of halogens is 4. The first-order valence-corrected chi connectivity index (χ1v) is 14.8. The van der Waals surface area contributed by atoms with Crippen LogP contribution in [0.3, 0.4) is 0 Å². The Hall–Kier alpha value is -3.57. The predicted molar refractivity (Wildman–Crippen MR) is 157 cm³/mol. The van der Waals surface area contributed by atoms with Crippen LogP contribution >= 0.6 is 11.6 Å². The SMILES string of the molecule is Cc1ccccc1CN(C(=O)CN(c1ccc(Cl)c(C(F)(F)F)c1)S(=O)(=O)c1ccccc1)[C@@H](C)C(=O)NC(C)(C)C. The van der Waals surface area contributed by atoms with E-state index in [1.54, 1.807) is 39.0 Å². The number of aryl methyl sites for hydroxylation is 1. The molecule has 0 aliphatic carbocycles. The van der Waals surface area contributed by atoms with E-state index in [2.05, 4.69) is 5.32 Å². The summed E-state index contributed by atoms with van der Waals surface area (Å²) in [6.07, 6.45) is -4.88. The second-order valence-electron chi connectivity index (χ2n) is 10.8. The van der Waals surface area contributed by atoms with E-state index in [1.807, 2.05) is 19.1 Å². The van der Waals surface area contributed by atoms with Gasteiger partial charge in [0.15, 0.2) is 0 Å². The average molecular weight is 624 g/mol. The molecule has 0 radical (unpaired) electrons. The minimum atomic E-state index is -4.88. The van der Waals surface area contributed by atoms with Crippen LogP contribution in [0.5, 0.6) is 0 Å². The van der Waals surface area contributed by atoms with Crippen molar-refractivity contribution >= 4 is 39.1 Å². The normalized spacial score (nSPS) is 12.9. The first-order chi connectivity index (χ1) is 19.4. The van der Waals surface area contributed by atoms with Crippen LogP contribution in [-0.2, 0) is 32.3 Å². The molecule has 1 N–H and O–H groups in total. The van der Waals surface area contributed by atoms with Crippen LogP contribution in [0.15, 0.2) is 77.7 Å². The van der Waals surface area contributed by atoms with Gasteiger partial charge < -0.3 is 10.2 Å². The third kappa shape index (κ3) is 8.04. The summed E-state index contributed by atoms with van der Waals surface area (Å²) in [6, 6.07) is 15.8. The number of sulfonamides is 1. The molecule has 2 amide bonds. The van der Waals surface area contributed by atoms with Gasteiger partial charge in [0.05, 0.1) is 21.2 Å². The van der Waals surface area contributed by atoms with E-state index in [4.69, 9.17) is 11.6 Å². The van der Waals surface area contributed by atoms with Crippen molar-refractivity contribution in [1.29, 1.82) is 0 Å². The Morgan fingerprint density at radius 2 is 1.55 bits per heavy atom. The van der Waals surface area contributed by atoms with E-state index < -0.39 is 62.4 Å². The van der Waals surface area contributed by atoms with Crippen molar-refractivity contribution < 1.29 is 31.2 Å². The van der Waals surface area contributed by atoms with Gasteiger partial charge in [0.2, 0.25) is 11.8 Å². The van der Waals surface area contributed by atoms with Crippen molar-refractivity contribution in [2.75, 3.05) is 10.8 Å². The highest BCUT2D eigenvalue weighted by Gasteiger charge is 2.37. The number of nitrogens with one attached hydrogen (secondary N) is 1. The van der Waals surface area contributed by atoms with E-state index in [-0.39, 0.29) is 11.4 Å². The maximum atomic E-state index is 14.0. The topological polar surface area (TPSA) is 86.8 Å². The number of anilines is 1. The molecule has 0 bridgehead atoms. The molecule has 0 unspecified atom stereocenters. The summed E-state index contributed by atoms with van der Waals surface area (Å²) in [7, 11) is -4.54. The first-order valence-electron chi connectivity index (χ1n) is 13.0. The molecule has 0 aliphatic heterocycles. The smallest absolute Gasteiger partial charge is 0.350 e. The highest BCUT2D eigenvalue weighted by molar-refractivity contribution is 7.92. The second-order valence-corrected chi connectivity index (χ2v) is 13.1. The molecule has 226 valence electrons. The lowest BCUT2D eigenvalue weighted by molar-refractivity contribution is -0.140. The maximum absolute atomic E-state index is 14.0. The average Bonchev–Trinajstić information content (AvgIpc) is 2.90.